The molecule has 0 bridgehead atoms. The van der Waals surface area contributed by atoms with Crippen LogP contribution in [0.4, 0.5) is 0 Å². The lowest BCUT2D eigenvalue weighted by atomic mass is 10.1. The van der Waals surface area contributed by atoms with Gasteiger partial charge in [-0.2, -0.15) is 0 Å². The molecule has 0 aromatic carbocycles. The Balaban J connectivity index is 3.47. The zero-order chi connectivity index (χ0) is 15.9. The van der Waals surface area contributed by atoms with Gasteiger partial charge in [0, 0.05) is 19.5 Å². The number of carbonyl (C=O) groups is 1. The minimum Gasteiger partial charge on any atom is -0.399 e. The van der Waals surface area contributed by atoms with E-state index in [-0.39, 0.29) is 5.97 Å². The fourth-order valence-corrected chi connectivity index (χ4v) is 2.63. The van der Waals surface area contributed by atoms with Gasteiger partial charge in [-0.15, -0.1) is 0 Å². The summed E-state index contributed by atoms with van der Waals surface area (Å²) in [4.78, 5) is 13.5. The average molecular weight is 316 g/mol. The predicted molar refractivity (Wildman–Crippen MR) is 93.5 cm³/mol. The summed E-state index contributed by atoms with van der Waals surface area (Å²) in [5, 5.41) is 0.320. The Morgan fingerprint density at radius 3 is 1.81 bits per heavy atom. The third-order valence-electron chi connectivity index (χ3n) is 3.71. The molecule has 0 saturated heterocycles. The monoisotopic (exact) mass is 315 g/mol. The van der Waals surface area contributed by atoms with Gasteiger partial charge in [0.25, 0.3) is 5.17 Å². The standard InChI is InChI=1S/C17H33NO2S/c1-4-7-8-9-10-11-12-13-14-15-16(19)20-17(21)18(5-2)6-3/h4-15H2,1-3H3. The van der Waals surface area contributed by atoms with Crippen molar-refractivity contribution in [2.45, 2.75) is 85.0 Å². The molecule has 0 atom stereocenters. The SMILES string of the molecule is CCCCCCCCCCCC(=O)OC(=S)N(CC)CC. The number of hydrogen-bond donors (Lipinski definition) is 0. The molecule has 3 nitrogen and oxygen atoms in total. The van der Waals surface area contributed by atoms with E-state index in [1.165, 1.54) is 44.9 Å². The van der Waals surface area contributed by atoms with Crippen molar-refractivity contribution >= 4 is 23.4 Å². The maximum Gasteiger partial charge on any atom is 0.313 e. The molecule has 21 heavy (non-hydrogen) atoms. The highest BCUT2D eigenvalue weighted by Gasteiger charge is 2.11. The first-order valence-corrected chi connectivity index (χ1v) is 9.06. The van der Waals surface area contributed by atoms with Gasteiger partial charge >= 0.3 is 5.97 Å². The van der Waals surface area contributed by atoms with E-state index in [0.29, 0.717) is 11.6 Å². The van der Waals surface area contributed by atoms with Crippen LogP contribution in [0.25, 0.3) is 0 Å². The smallest absolute Gasteiger partial charge is 0.313 e. The largest absolute Gasteiger partial charge is 0.399 e. The van der Waals surface area contributed by atoms with Crippen LogP contribution in [0.15, 0.2) is 0 Å². The summed E-state index contributed by atoms with van der Waals surface area (Å²) < 4.78 is 5.18. The molecular weight excluding hydrogens is 282 g/mol. The third-order valence-corrected chi connectivity index (χ3v) is 4.05. The molecule has 0 aliphatic rings. The van der Waals surface area contributed by atoms with E-state index < -0.39 is 0 Å². The van der Waals surface area contributed by atoms with Gasteiger partial charge in [-0.1, -0.05) is 58.3 Å². The third kappa shape index (κ3) is 11.7. The molecule has 4 heteroatoms. The first-order chi connectivity index (χ1) is 10.2. The Morgan fingerprint density at radius 2 is 1.33 bits per heavy atom. The number of carbonyl (C=O) groups excluding carboxylic acids is 1. The van der Waals surface area contributed by atoms with Crippen LogP contribution in [-0.4, -0.2) is 29.1 Å². The number of rotatable bonds is 12. The van der Waals surface area contributed by atoms with Gasteiger partial charge in [0.2, 0.25) is 0 Å². The Morgan fingerprint density at radius 1 is 0.857 bits per heavy atom. The Hall–Kier alpha value is -0.640. The zero-order valence-corrected chi connectivity index (χ0v) is 15.0. The Bertz CT molecular complexity index is 278. The Labute approximate surface area is 136 Å². The molecule has 0 heterocycles. The van der Waals surface area contributed by atoms with E-state index in [9.17, 15) is 4.79 Å². The van der Waals surface area contributed by atoms with Gasteiger partial charge in [0.05, 0.1) is 0 Å². The van der Waals surface area contributed by atoms with E-state index in [1.807, 2.05) is 18.7 Å². The first kappa shape index (κ1) is 20.4. The van der Waals surface area contributed by atoms with Gasteiger partial charge in [-0.3, -0.25) is 4.79 Å². The minimum atomic E-state index is -0.185. The van der Waals surface area contributed by atoms with Gasteiger partial charge in [-0.25, -0.2) is 0 Å². The van der Waals surface area contributed by atoms with Crippen molar-refractivity contribution in [1.82, 2.24) is 4.90 Å². The fraction of sp³-hybridized carbons (Fsp3) is 0.882. The summed E-state index contributed by atoms with van der Waals surface area (Å²) in [5.41, 5.74) is 0. The molecule has 0 aliphatic carbocycles. The van der Waals surface area contributed by atoms with Crippen LogP contribution in [0.3, 0.4) is 0 Å². The highest BCUT2D eigenvalue weighted by Crippen LogP contribution is 2.11. The van der Waals surface area contributed by atoms with E-state index in [0.717, 1.165) is 25.9 Å². The fourth-order valence-electron chi connectivity index (χ4n) is 2.27. The number of nitrogens with zero attached hydrogens (tertiary/aromatic N) is 1. The molecule has 0 unspecified atom stereocenters. The molecule has 0 spiro atoms. The van der Waals surface area contributed by atoms with Crippen LogP contribution in [0.1, 0.15) is 85.0 Å². The van der Waals surface area contributed by atoms with Crippen molar-refractivity contribution in [3.05, 3.63) is 0 Å². The van der Waals surface area contributed by atoms with E-state index in [4.69, 9.17) is 17.0 Å². The van der Waals surface area contributed by atoms with E-state index in [2.05, 4.69) is 6.92 Å². The second-order valence-corrected chi connectivity index (χ2v) is 5.84. The molecule has 0 aromatic rings. The topological polar surface area (TPSA) is 29.5 Å². The number of unbranched alkanes of at least 4 members (excludes halogenated alkanes) is 8. The first-order valence-electron chi connectivity index (χ1n) is 8.65. The summed E-state index contributed by atoms with van der Waals surface area (Å²) in [6.45, 7) is 7.81. The summed E-state index contributed by atoms with van der Waals surface area (Å²) in [6, 6.07) is 0. The van der Waals surface area contributed by atoms with Crippen molar-refractivity contribution in [2.24, 2.45) is 0 Å². The molecule has 0 aromatic heterocycles. The van der Waals surface area contributed by atoms with Crippen LogP contribution in [-0.2, 0) is 9.53 Å². The molecule has 0 fully saturated rings. The maximum atomic E-state index is 11.7. The average Bonchev–Trinajstić information content (AvgIpc) is 2.46. The van der Waals surface area contributed by atoms with Crippen LogP contribution in [0, 0.1) is 0 Å². The second-order valence-electron chi connectivity index (χ2n) is 5.49. The summed E-state index contributed by atoms with van der Waals surface area (Å²) in [5.74, 6) is -0.185. The van der Waals surface area contributed by atoms with Gasteiger partial charge in [0.1, 0.15) is 0 Å². The van der Waals surface area contributed by atoms with Gasteiger partial charge in [0.15, 0.2) is 0 Å². The van der Waals surface area contributed by atoms with Gasteiger partial charge in [-0.05, 0) is 32.5 Å². The number of thiocarbonyl (C=S) groups is 1. The lowest BCUT2D eigenvalue weighted by Gasteiger charge is -2.20. The van der Waals surface area contributed by atoms with Crippen LogP contribution in [0.5, 0.6) is 0 Å². The summed E-state index contributed by atoms with van der Waals surface area (Å²) >= 11 is 5.10. The molecule has 0 radical (unpaired) electrons. The second kappa shape index (κ2) is 14.3. The van der Waals surface area contributed by atoms with Crippen molar-refractivity contribution < 1.29 is 9.53 Å². The summed E-state index contributed by atoms with van der Waals surface area (Å²) in [7, 11) is 0. The minimum absolute atomic E-state index is 0.185. The normalized spacial score (nSPS) is 10.4. The van der Waals surface area contributed by atoms with Crippen molar-refractivity contribution in [3.8, 4) is 0 Å². The van der Waals surface area contributed by atoms with Crippen molar-refractivity contribution in [2.75, 3.05) is 13.1 Å². The van der Waals surface area contributed by atoms with Gasteiger partial charge < -0.3 is 9.64 Å². The van der Waals surface area contributed by atoms with Crippen molar-refractivity contribution in [1.29, 1.82) is 0 Å². The highest BCUT2D eigenvalue weighted by atomic mass is 32.1. The molecular formula is C17H33NO2S. The predicted octanol–water partition coefficient (Wildman–Crippen LogP) is 5.08. The van der Waals surface area contributed by atoms with E-state index >= 15 is 0 Å². The van der Waals surface area contributed by atoms with E-state index in [1.54, 1.807) is 0 Å². The van der Waals surface area contributed by atoms with Crippen molar-refractivity contribution in [3.63, 3.8) is 0 Å². The highest BCUT2D eigenvalue weighted by molar-refractivity contribution is 7.80. The molecule has 0 aliphatic heterocycles. The zero-order valence-electron chi connectivity index (χ0n) is 14.2. The van der Waals surface area contributed by atoms with Crippen LogP contribution in [0.2, 0.25) is 0 Å². The maximum absolute atomic E-state index is 11.7. The Kier molecular flexibility index (Phi) is 13.9. The summed E-state index contributed by atoms with van der Waals surface area (Å²) in [6.07, 6.45) is 11.7. The molecule has 0 rings (SSSR count). The van der Waals surface area contributed by atoms with Crippen LogP contribution >= 0.6 is 12.2 Å². The van der Waals surface area contributed by atoms with Crippen LogP contribution < -0.4 is 0 Å². The number of hydrogen-bond acceptors (Lipinski definition) is 3. The lowest BCUT2D eigenvalue weighted by molar-refractivity contribution is -0.136. The molecule has 0 saturated carbocycles. The lowest BCUT2D eigenvalue weighted by Crippen LogP contribution is -2.32. The number of esters is 1. The molecule has 0 amide bonds. The molecule has 124 valence electrons. The quantitative estimate of drug-likeness (QED) is 0.285. The number of ether oxygens (including phenoxy) is 1. The molecule has 0 N–H and O–H groups in total.